The van der Waals surface area contributed by atoms with Crippen LogP contribution in [-0.2, 0) is 9.59 Å². The van der Waals surface area contributed by atoms with E-state index >= 15 is 0 Å². The van der Waals surface area contributed by atoms with Crippen LogP contribution in [0.15, 0.2) is 53.0 Å². The molecule has 0 bridgehead atoms. The highest BCUT2D eigenvalue weighted by atomic mass is 79.9. The van der Waals surface area contributed by atoms with E-state index in [-0.39, 0.29) is 0 Å². The summed E-state index contributed by atoms with van der Waals surface area (Å²) in [5.74, 6) is -1.75. The van der Waals surface area contributed by atoms with Gasteiger partial charge in [-0.3, -0.25) is 20.2 Å². The summed E-state index contributed by atoms with van der Waals surface area (Å²) in [5.41, 5.74) is 1.44. The number of nitrogens with one attached hydrogen (secondary N) is 3. The molecule has 3 rings (SSSR count). The number of anilines is 1. The quantitative estimate of drug-likeness (QED) is 0.649. The number of hydrogen-bond acceptors (Lipinski definition) is 5. The fourth-order valence-corrected chi connectivity index (χ4v) is 2.99. The third-order valence-electron chi connectivity index (χ3n) is 4.01. The normalized spacial score (nSPS) is 15.8. The number of hydrogen-bond donors (Lipinski definition) is 3. The Kier molecular flexibility index (Phi) is 5.22. The van der Waals surface area contributed by atoms with Crippen LogP contribution in [0.1, 0.15) is 11.6 Å². The van der Waals surface area contributed by atoms with E-state index in [9.17, 15) is 14.4 Å². The number of ether oxygens (including phenoxy) is 1. The molecule has 0 saturated carbocycles. The number of imide groups is 2. The molecule has 2 aromatic carbocycles. The van der Waals surface area contributed by atoms with Crippen molar-refractivity contribution in [1.29, 1.82) is 0 Å². The molecule has 2 aromatic rings. The van der Waals surface area contributed by atoms with Gasteiger partial charge in [0.15, 0.2) is 0 Å². The number of methoxy groups -OCH3 is 1. The summed E-state index contributed by atoms with van der Waals surface area (Å²) in [4.78, 5) is 36.0. The average Bonchev–Trinajstić information content (AvgIpc) is 2.62. The molecule has 0 radical (unpaired) electrons. The van der Waals surface area contributed by atoms with Crippen molar-refractivity contribution in [3.8, 4) is 5.75 Å². The molecule has 0 aliphatic carbocycles. The SMILES string of the molecule is COc1ccc(C(Nc2ccc(Br)cc2)C2C(=O)NC(=O)NC2=O)cc1. The molecule has 0 spiro atoms. The van der Waals surface area contributed by atoms with Gasteiger partial charge in [0.1, 0.15) is 11.7 Å². The van der Waals surface area contributed by atoms with Crippen LogP contribution in [0.2, 0.25) is 0 Å². The molecule has 1 unspecified atom stereocenters. The lowest BCUT2D eigenvalue weighted by atomic mass is 9.90. The Hall–Kier alpha value is -2.87. The van der Waals surface area contributed by atoms with Crippen molar-refractivity contribution in [3.05, 3.63) is 58.6 Å². The maximum absolute atomic E-state index is 12.3. The number of rotatable bonds is 5. The zero-order valence-electron chi connectivity index (χ0n) is 13.8. The van der Waals surface area contributed by atoms with Crippen molar-refractivity contribution < 1.29 is 19.1 Å². The van der Waals surface area contributed by atoms with Gasteiger partial charge in [-0.2, -0.15) is 0 Å². The first kappa shape index (κ1) is 17.9. The average molecular weight is 418 g/mol. The third-order valence-corrected chi connectivity index (χ3v) is 4.54. The van der Waals surface area contributed by atoms with Gasteiger partial charge in [-0.15, -0.1) is 0 Å². The van der Waals surface area contributed by atoms with Gasteiger partial charge in [-0.05, 0) is 42.0 Å². The predicted molar refractivity (Wildman–Crippen MR) is 98.7 cm³/mol. The topological polar surface area (TPSA) is 96.5 Å². The lowest BCUT2D eigenvalue weighted by Gasteiger charge is -2.30. The number of halogens is 1. The Morgan fingerprint density at radius 1 is 0.962 bits per heavy atom. The Morgan fingerprint density at radius 3 is 2.08 bits per heavy atom. The number of carbonyl (C=O) groups is 3. The smallest absolute Gasteiger partial charge is 0.328 e. The minimum atomic E-state index is -1.11. The van der Waals surface area contributed by atoms with Crippen molar-refractivity contribution >= 4 is 39.5 Å². The van der Waals surface area contributed by atoms with E-state index in [1.807, 2.05) is 24.3 Å². The molecule has 1 heterocycles. The molecule has 1 fully saturated rings. The molecule has 1 aliphatic heterocycles. The monoisotopic (exact) mass is 417 g/mol. The Balaban J connectivity index is 1.97. The van der Waals surface area contributed by atoms with E-state index in [2.05, 4.69) is 31.9 Å². The second-order valence-electron chi connectivity index (χ2n) is 5.69. The van der Waals surface area contributed by atoms with Gasteiger partial charge in [0, 0.05) is 10.2 Å². The number of urea groups is 1. The van der Waals surface area contributed by atoms with Crippen LogP contribution in [0.3, 0.4) is 0 Å². The summed E-state index contributed by atoms with van der Waals surface area (Å²) in [5, 5.41) is 7.50. The maximum atomic E-state index is 12.3. The minimum absolute atomic E-state index is 0.649. The van der Waals surface area contributed by atoms with Gasteiger partial charge in [0.25, 0.3) is 0 Å². The summed E-state index contributed by atoms with van der Waals surface area (Å²) < 4.78 is 6.06. The van der Waals surface area contributed by atoms with Gasteiger partial charge in [0.05, 0.1) is 13.2 Å². The van der Waals surface area contributed by atoms with Crippen molar-refractivity contribution in [1.82, 2.24) is 10.6 Å². The molecule has 1 saturated heterocycles. The zero-order chi connectivity index (χ0) is 18.7. The second kappa shape index (κ2) is 7.57. The molecule has 8 heteroatoms. The van der Waals surface area contributed by atoms with Gasteiger partial charge in [-0.1, -0.05) is 28.1 Å². The Labute approximate surface area is 158 Å². The van der Waals surface area contributed by atoms with Crippen LogP contribution in [-0.4, -0.2) is 25.0 Å². The van der Waals surface area contributed by atoms with E-state index in [0.29, 0.717) is 11.3 Å². The van der Waals surface area contributed by atoms with Gasteiger partial charge in [0.2, 0.25) is 11.8 Å². The molecule has 1 atom stereocenters. The standard InChI is InChI=1S/C18H16BrN3O4/c1-26-13-8-2-10(3-9-13)15(20-12-6-4-11(19)5-7-12)14-16(23)21-18(25)22-17(14)24/h2-9,14-15,20H,1H3,(H2,21,22,23,24,25). The van der Waals surface area contributed by atoms with Gasteiger partial charge in [-0.25, -0.2) is 4.79 Å². The molecular weight excluding hydrogens is 402 g/mol. The van der Waals surface area contributed by atoms with E-state index in [0.717, 1.165) is 10.2 Å². The van der Waals surface area contributed by atoms with E-state index < -0.39 is 29.8 Å². The van der Waals surface area contributed by atoms with Crippen molar-refractivity contribution in [2.24, 2.45) is 5.92 Å². The first-order valence-corrected chi connectivity index (χ1v) is 8.59. The molecular formula is C18H16BrN3O4. The molecule has 3 N–H and O–H groups in total. The highest BCUT2D eigenvalue weighted by molar-refractivity contribution is 9.10. The van der Waals surface area contributed by atoms with Crippen molar-refractivity contribution in [2.75, 3.05) is 12.4 Å². The lowest BCUT2D eigenvalue weighted by Crippen LogP contribution is -2.58. The van der Waals surface area contributed by atoms with Crippen molar-refractivity contribution in [2.45, 2.75) is 6.04 Å². The number of benzene rings is 2. The zero-order valence-corrected chi connectivity index (χ0v) is 15.4. The summed E-state index contributed by atoms with van der Waals surface area (Å²) in [7, 11) is 1.56. The van der Waals surface area contributed by atoms with E-state index in [4.69, 9.17) is 4.74 Å². The summed E-state index contributed by atoms with van der Waals surface area (Å²) in [6.45, 7) is 0. The first-order chi connectivity index (χ1) is 12.5. The third kappa shape index (κ3) is 3.85. The highest BCUT2D eigenvalue weighted by Crippen LogP contribution is 2.30. The number of amides is 4. The van der Waals surface area contributed by atoms with E-state index in [1.54, 1.807) is 31.4 Å². The summed E-state index contributed by atoms with van der Waals surface area (Å²) in [6, 6.07) is 12.9. The van der Waals surface area contributed by atoms with Gasteiger partial charge < -0.3 is 10.1 Å². The van der Waals surface area contributed by atoms with Crippen LogP contribution >= 0.6 is 15.9 Å². The molecule has 1 aliphatic rings. The summed E-state index contributed by atoms with van der Waals surface area (Å²) in [6.07, 6.45) is 0. The molecule has 26 heavy (non-hydrogen) atoms. The fraction of sp³-hybridized carbons (Fsp3) is 0.167. The van der Waals surface area contributed by atoms with E-state index in [1.165, 1.54) is 0 Å². The lowest BCUT2D eigenvalue weighted by molar-refractivity contribution is -0.136. The minimum Gasteiger partial charge on any atom is -0.497 e. The maximum Gasteiger partial charge on any atom is 0.328 e. The summed E-state index contributed by atoms with van der Waals surface area (Å²) >= 11 is 3.37. The molecule has 0 aromatic heterocycles. The Bertz CT molecular complexity index is 817. The van der Waals surface area contributed by atoms with Crippen LogP contribution < -0.4 is 20.7 Å². The molecule has 7 nitrogen and oxygen atoms in total. The van der Waals surface area contributed by atoms with Crippen LogP contribution in [0.4, 0.5) is 10.5 Å². The van der Waals surface area contributed by atoms with Gasteiger partial charge >= 0.3 is 6.03 Å². The van der Waals surface area contributed by atoms with Crippen LogP contribution in [0, 0.1) is 5.92 Å². The predicted octanol–water partition coefficient (Wildman–Crippen LogP) is 2.59. The van der Waals surface area contributed by atoms with Crippen molar-refractivity contribution in [3.63, 3.8) is 0 Å². The number of barbiturate groups is 1. The largest absolute Gasteiger partial charge is 0.497 e. The number of carbonyl (C=O) groups excluding carboxylic acids is 3. The van der Waals surface area contributed by atoms with Crippen LogP contribution in [0.25, 0.3) is 0 Å². The fourth-order valence-electron chi connectivity index (χ4n) is 2.73. The molecule has 134 valence electrons. The van der Waals surface area contributed by atoms with Crippen LogP contribution in [0.5, 0.6) is 5.75 Å². The second-order valence-corrected chi connectivity index (χ2v) is 6.60. The first-order valence-electron chi connectivity index (χ1n) is 7.79. The highest BCUT2D eigenvalue weighted by Gasteiger charge is 2.41. The molecule has 4 amide bonds. The Morgan fingerprint density at radius 2 is 1.54 bits per heavy atom.